The zero-order chi connectivity index (χ0) is 30.3. The van der Waals surface area contributed by atoms with E-state index in [9.17, 15) is 18.0 Å². The summed E-state index contributed by atoms with van der Waals surface area (Å²) in [6, 6.07) is 19.9. The molecule has 3 aromatic rings. The summed E-state index contributed by atoms with van der Waals surface area (Å²) in [6.07, 6.45) is 5.10. The van der Waals surface area contributed by atoms with E-state index in [-0.39, 0.29) is 29.1 Å². The van der Waals surface area contributed by atoms with Crippen molar-refractivity contribution in [2.45, 2.75) is 69.5 Å². The highest BCUT2D eigenvalue weighted by molar-refractivity contribution is 9.10. The second-order valence-corrected chi connectivity index (χ2v) is 13.4. The first-order valence-corrected chi connectivity index (χ1v) is 16.4. The number of hydrogen-bond acceptors (Lipinski definition) is 5. The quantitative estimate of drug-likeness (QED) is 0.281. The Labute approximate surface area is 257 Å². The molecule has 1 saturated carbocycles. The van der Waals surface area contributed by atoms with Crippen molar-refractivity contribution in [2.75, 3.05) is 18.0 Å². The summed E-state index contributed by atoms with van der Waals surface area (Å²) in [5, 5.41) is 3.12. The Balaban J connectivity index is 1.72. The molecule has 42 heavy (non-hydrogen) atoms. The van der Waals surface area contributed by atoms with E-state index in [1.165, 1.54) is 24.1 Å². The number of nitrogens with zero attached hydrogens (tertiary/aromatic N) is 2. The van der Waals surface area contributed by atoms with Crippen LogP contribution in [0.2, 0.25) is 0 Å². The van der Waals surface area contributed by atoms with Gasteiger partial charge in [0.1, 0.15) is 18.3 Å². The topological polar surface area (TPSA) is 96.0 Å². The van der Waals surface area contributed by atoms with Gasteiger partial charge in [-0.05, 0) is 74.2 Å². The fourth-order valence-corrected chi connectivity index (χ4v) is 7.10. The van der Waals surface area contributed by atoms with Crippen LogP contribution in [0, 0.1) is 6.92 Å². The van der Waals surface area contributed by atoms with E-state index in [2.05, 4.69) is 21.2 Å². The van der Waals surface area contributed by atoms with Gasteiger partial charge in [0.25, 0.3) is 10.0 Å². The van der Waals surface area contributed by atoms with Gasteiger partial charge in [-0.3, -0.25) is 13.9 Å². The van der Waals surface area contributed by atoms with Crippen molar-refractivity contribution in [1.82, 2.24) is 10.2 Å². The van der Waals surface area contributed by atoms with Crippen molar-refractivity contribution in [3.8, 4) is 5.75 Å². The van der Waals surface area contributed by atoms with E-state index in [1.807, 2.05) is 37.3 Å². The number of aryl methyl sites for hydroxylation is 1. The average molecular weight is 657 g/mol. The molecule has 0 bridgehead atoms. The first kappa shape index (κ1) is 31.6. The van der Waals surface area contributed by atoms with E-state index in [0.29, 0.717) is 5.75 Å². The number of hydrogen-bond donors (Lipinski definition) is 1. The van der Waals surface area contributed by atoms with Crippen molar-refractivity contribution in [3.63, 3.8) is 0 Å². The number of carbonyl (C=O) groups excluding carboxylic acids is 2. The molecular formula is C32H38BrN3O5S. The van der Waals surface area contributed by atoms with E-state index >= 15 is 0 Å². The number of methoxy groups -OCH3 is 1. The van der Waals surface area contributed by atoms with Gasteiger partial charge in [0, 0.05) is 17.1 Å². The Morgan fingerprint density at radius 1 is 1.00 bits per heavy atom. The number of benzene rings is 3. The number of carbonyl (C=O) groups is 2. The Morgan fingerprint density at radius 2 is 1.71 bits per heavy atom. The minimum atomic E-state index is -4.18. The molecule has 0 unspecified atom stereocenters. The number of nitrogens with one attached hydrogen (secondary N) is 1. The minimum Gasteiger partial charge on any atom is -0.495 e. The van der Waals surface area contributed by atoms with Gasteiger partial charge in [-0.2, -0.15) is 0 Å². The first-order chi connectivity index (χ1) is 20.1. The molecule has 224 valence electrons. The molecule has 2 amide bonds. The third kappa shape index (κ3) is 7.72. The van der Waals surface area contributed by atoms with E-state index in [4.69, 9.17) is 4.74 Å². The molecule has 0 heterocycles. The summed E-state index contributed by atoms with van der Waals surface area (Å²) >= 11 is 3.48. The number of amides is 2. The van der Waals surface area contributed by atoms with Crippen LogP contribution >= 0.6 is 15.9 Å². The molecule has 0 radical (unpaired) electrons. The number of ether oxygens (including phenoxy) is 1. The summed E-state index contributed by atoms with van der Waals surface area (Å²) in [6.45, 7) is 3.14. The van der Waals surface area contributed by atoms with Crippen molar-refractivity contribution in [3.05, 3.63) is 88.4 Å². The van der Waals surface area contributed by atoms with Crippen molar-refractivity contribution >= 4 is 43.5 Å². The molecular weight excluding hydrogens is 618 g/mol. The molecule has 0 saturated heterocycles. The molecule has 0 aliphatic heterocycles. The number of rotatable bonds is 11. The molecule has 8 nitrogen and oxygen atoms in total. The van der Waals surface area contributed by atoms with Crippen molar-refractivity contribution < 1.29 is 22.7 Å². The maximum absolute atomic E-state index is 14.2. The fraction of sp³-hybridized carbons (Fsp3) is 0.375. The fourth-order valence-electron chi connectivity index (χ4n) is 5.21. The highest BCUT2D eigenvalue weighted by Gasteiger charge is 2.34. The number of anilines is 1. The highest BCUT2D eigenvalue weighted by atomic mass is 79.9. The third-order valence-corrected chi connectivity index (χ3v) is 9.84. The maximum atomic E-state index is 14.2. The van der Waals surface area contributed by atoms with E-state index < -0.39 is 28.5 Å². The van der Waals surface area contributed by atoms with Gasteiger partial charge in [-0.1, -0.05) is 71.6 Å². The van der Waals surface area contributed by atoms with E-state index in [1.54, 1.807) is 37.3 Å². The van der Waals surface area contributed by atoms with Gasteiger partial charge in [0.15, 0.2) is 0 Å². The standard InChI is InChI=1S/C32H38BrN3O5S/c1-23-17-18-30(41-3)29(19-23)36(42(39,40)28-15-8-5-9-16-28)22-31(37)35(21-25-11-10-12-26(33)20-25)24(2)32(38)34-27-13-6-4-7-14-27/h5,8-12,15-20,24,27H,4,6-7,13-14,21-22H2,1-3H3,(H,34,38)/t24-/m1/s1. The summed E-state index contributed by atoms with van der Waals surface area (Å²) in [5.74, 6) is -0.449. The molecule has 10 heteroatoms. The van der Waals surface area contributed by atoms with Gasteiger partial charge in [-0.15, -0.1) is 0 Å². The monoisotopic (exact) mass is 655 g/mol. The largest absolute Gasteiger partial charge is 0.495 e. The lowest BCUT2D eigenvalue weighted by atomic mass is 9.95. The first-order valence-electron chi connectivity index (χ1n) is 14.2. The van der Waals surface area contributed by atoms with Gasteiger partial charge in [-0.25, -0.2) is 8.42 Å². The van der Waals surface area contributed by atoms with Gasteiger partial charge < -0.3 is 15.0 Å². The smallest absolute Gasteiger partial charge is 0.264 e. The summed E-state index contributed by atoms with van der Waals surface area (Å²) < 4.78 is 35.6. The Hall–Kier alpha value is -3.37. The Morgan fingerprint density at radius 3 is 2.38 bits per heavy atom. The molecule has 4 rings (SSSR count). The molecule has 1 N–H and O–H groups in total. The maximum Gasteiger partial charge on any atom is 0.264 e. The van der Waals surface area contributed by atoms with Crippen LogP contribution in [0.25, 0.3) is 0 Å². The highest BCUT2D eigenvalue weighted by Crippen LogP contribution is 2.34. The lowest BCUT2D eigenvalue weighted by molar-refractivity contribution is -0.139. The van der Waals surface area contributed by atoms with Crippen molar-refractivity contribution in [2.24, 2.45) is 0 Å². The summed E-state index contributed by atoms with van der Waals surface area (Å²) in [7, 11) is -2.72. The molecule has 0 aromatic heterocycles. The summed E-state index contributed by atoms with van der Waals surface area (Å²) in [5.41, 5.74) is 1.86. The lowest BCUT2D eigenvalue weighted by Crippen LogP contribution is -2.53. The van der Waals surface area contributed by atoms with Crippen LogP contribution in [-0.4, -0.2) is 50.9 Å². The zero-order valence-electron chi connectivity index (χ0n) is 24.3. The second-order valence-electron chi connectivity index (χ2n) is 10.7. The molecule has 1 aliphatic rings. The molecule has 1 atom stereocenters. The normalized spacial score (nSPS) is 14.6. The average Bonchev–Trinajstić information content (AvgIpc) is 2.99. The Kier molecular flexibility index (Phi) is 10.7. The van der Waals surface area contributed by atoms with Crippen LogP contribution in [0.1, 0.15) is 50.2 Å². The van der Waals surface area contributed by atoms with Crippen LogP contribution in [0.15, 0.2) is 82.2 Å². The zero-order valence-corrected chi connectivity index (χ0v) is 26.7. The van der Waals surface area contributed by atoms with Gasteiger partial charge in [0.05, 0.1) is 17.7 Å². The lowest BCUT2D eigenvalue weighted by Gasteiger charge is -2.33. The summed E-state index contributed by atoms with van der Waals surface area (Å²) in [4.78, 5) is 29.2. The molecule has 0 spiro atoms. The predicted molar refractivity (Wildman–Crippen MR) is 168 cm³/mol. The van der Waals surface area contributed by atoms with Gasteiger partial charge >= 0.3 is 0 Å². The van der Waals surface area contributed by atoms with Crippen LogP contribution in [-0.2, 0) is 26.2 Å². The van der Waals surface area contributed by atoms with Crippen LogP contribution in [0.5, 0.6) is 5.75 Å². The van der Waals surface area contributed by atoms with Crippen LogP contribution in [0.4, 0.5) is 5.69 Å². The van der Waals surface area contributed by atoms with Crippen LogP contribution < -0.4 is 14.4 Å². The molecule has 1 aliphatic carbocycles. The Bertz CT molecular complexity index is 1490. The minimum absolute atomic E-state index is 0.0444. The van der Waals surface area contributed by atoms with Gasteiger partial charge in [0.2, 0.25) is 11.8 Å². The predicted octanol–water partition coefficient (Wildman–Crippen LogP) is 5.83. The van der Waals surface area contributed by atoms with Crippen molar-refractivity contribution in [1.29, 1.82) is 0 Å². The van der Waals surface area contributed by atoms with Crippen LogP contribution in [0.3, 0.4) is 0 Å². The van der Waals surface area contributed by atoms with E-state index in [0.717, 1.165) is 52.0 Å². The molecule has 3 aromatic carbocycles. The number of sulfonamides is 1. The SMILES string of the molecule is COc1ccc(C)cc1N(CC(=O)N(Cc1cccc(Br)c1)[C@H](C)C(=O)NC1CCCCC1)S(=O)(=O)c1ccccc1. The number of halogens is 1. The third-order valence-electron chi connectivity index (χ3n) is 7.57. The second kappa shape index (κ2) is 14.2. The molecule has 1 fully saturated rings.